The van der Waals surface area contributed by atoms with Crippen molar-refractivity contribution in [1.82, 2.24) is 4.90 Å². The van der Waals surface area contributed by atoms with E-state index in [0.29, 0.717) is 0 Å². The predicted molar refractivity (Wildman–Crippen MR) is 52.5 cm³/mol. The molecule has 1 rings (SSSR count). The summed E-state index contributed by atoms with van der Waals surface area (Å²) in [5, 5.41) is 2.86. The Morgan fingerprint density at radius 1 is 1.77 bits per heavy atom. The van der Waals surface area contributed by atoms with E-state index in [-0.39, 0.29) is 12.6 Å². The molecule has 0 aromatic heterocycles. The second kappa shape index (κ2) is 4.45. The average molecular weight is 179 g/mol. The highest BCUT2D eigenvalue weighted by Gasteiger charge is 2.14. The van der Waals surface area contributed by atoms with E-state index >= 15 is 0 Å². The van der Waals surface area contributed by atoms with E-state index in [1.807, 2.05) is 30.1 Å². The first-order valence-electron chi connectivity index (χ1n) is 4.13. The van der Waals surface area contributed by atoms with Gasteiger partial charge in [0.1, 0.15) is 6.54 Å². The Labute approximate surface area is 77.4 Å². The van der Waals surface area contributed by atoms with Crippen LogP contribution in [0, 0.1) is 4.91 Å². The van der Waals surface area contributed by atoms with Gasteiger partial charge in [-0.2, -0.15) is 4.91 Å². The van der Waals surface area contributed by atoms with Crippen molar-refractivity contribution in [3.05, 3.63) is 41.2 Å². The molecule has 1 atom stereocenters. The lowest BCUT2D eigenvalue weighted by molar-refractivity contribution is 0.404. The lowest BCUT2D eigenvalue weighted by Gasteiger charge is -2.29. The molecule has 0 saturated carbocycles. The molecule has 0 aromatic rings. The molecule has 0 aliphatic carbocycles. The summed E-state index contributed by atoms with van der Waals surface area (Å²) in [6.45, 7) is 2.20. The van der Waals surface area contributed by atoms with Crippen LogP contribution in [0.2, 0.25) is 0 Å². The summed E-state index contributed by atoms with van der Waals surface area (Å²) in [6, 6.07) is 0.224. The third-order valence-corrected chi connectivity index (χ3v) is 1.92. The molecular formula is C9H13N3O. The van der Waals surface area contributed by atoms with Gasteiger partial charge in [-0.3, -0.25) is 0 Å². The van der Waals surface area contributed by atoms with Gasteiger partial charge in [0.15, 0.2) is 0 Å². The Hall–Kier alpha value is -1.58. The summed E-state index contributed by atoms with van der Waals surface area (Å²) in [4.78, 5) is 12.1. The summed E-state index contributed by atoms with van der Waals surface area (Å²) in [5.74, 6) is 0. The summed E-state index contributed by atoms with van der Waals surface area (Å²) < 4.78 is 0. The highest BCUT2D eigenvalue weighted by molar-refractivity contribution is 5.23. The minimum absolute atomic E-state index is 0.180. The van der Waals surface area contributed by atoms with Gasteiger partial charge in [0.05, 0.1) is 0 Å². The maximum Gasteiger partial charge on any atom is 0.121 e. The normalized spacial score (nSPS) is 22.1. The maximum atomic E-state index is 10.1. The van der Waals surface area contributed by atoms with Gasteiger partial charge in [0.2, 0.25) is 0 Å². The molecule has 1 aliphatic heterocycles. The number of hydrogen-bond donors (Lipinski definition) is 1. The van der Waals surface area contributed by atoms with Crippen LogP contribution in [0.5, 0.6) is 0 Å². The van der Waals surface area contributed by atoms with Crippen LogP contribution in [0.1, 0.15) is 6.92 Å². The van der Waals surface area contributed by atoms with Gasteiger partial charge in [-0.15, -0.1) is 0 Å². The fourth-order valence-electron chi connectivity index (χ4n) is 1.29. The van der Waals surface area contributed by atoms with E-state index in [1.165, 1.54) is 6.20 Å². The SMILES string of the molecule is CC1C=CC=C(CN=O)N1/C=C\N. The Morgan fingerprint density at radius 2 is 2.54 bits per heavy atom. The van der Waals surface area contributed by atoms with E-state index in [4.69, 9.17) is 5.73 Å². The van der Waals surface area contributed by atoms with Gasteiger partial charge in [-0.1, -0.05) is 17.3 Å². The molecule has 0 saturated heterocycles. The number of nitrogens with zero attached hydrogens (tertiary/aromatic N) is 2. The van der Waals surface area contributed by atoms with Crippen molar-refractivity contribution in [3.63, 3.8) is 0 Å². The fourth-order valence-corrected chi connectivity index (χ4v) is 1.29. The summed E-state index contributed by atoms with van der Waals surface area (Å²) in [5.41, 5.74) is 6.16. The second-order valence-corrected chi connectivity index (χ2v) is 2.82. The molecule has 0 spiro atoms. The second-order valence-electron chi connectivity index (χ2n) is 2.82. The summed E-state index contributed by atoms with van der Waals surface area (Å²) >= 11 is 0. The van der Waals surface area contributed by atoms with Crippen molar-refractivity contribution in [2.24, 2.45) is 10.9 Å². The smallest absolute Gasteiger partial charge is 0.121 e. The van der Waals surface area contributed by atoms with Gasteiger partial charge >= 0.3 is 0 Å². The lowest BCUT2D eigenvalue weighted by Crippen LogP contribution is -2.29. The number of hydrogen-bond acceptors (Lipinski definition) is 4. The van der Waals surface area contributed by atoms with Gasteiger partial charge in [0, 0.05) is 24.1 Å². The minimum Gasteiger partial charge on any atom is -0.403 e. The first-order chi connectivity index (χ1) is 6.29. The number of rotatable bonds is 3. The van der Waals surface area contributed by atoms with Gasteiger partial charge < -0.3 is 10.6 Å². The van der Waals surface area contributed by atoms with Crippen molar-refractivity contribution >= 4 is 0 Å². The molecule has 0 bridgehead atoms. The number of allylic oxidation sites excluding steroid dienone is 2. The molecule has 70 valence electrons. The van der Waals surface area contributed by atoms with Crippen molar-refractivity contribution in [2.75, 3.05) is 6.54 Å². The van der Waals surface area contributed by atoms with Crippen molar-refractivity contribution < 1.29 is 0 Å². The molecule has 0 radical (unpaired) electrons. The third kappa shape index (κ3) is 2.18. The Morgan fingerprint density at radius 3 is 3.15 bits per heavy atom. The highest BCUT2D eigenvalue weighted by Crippen LogP contribution is 2.16. The Bertz CT molecular complexity index is 268. The summed E-state index contributed by atoms with van der Waals surface area (Å²) in [7, 11) is 0. The van der Waals surface area contributed by atoms with E-state index in [0.717, 1.165) is 5.70 Å². The molecular weight excluding hydrogens is 166 g/mol. The van der Waals surface area contributed by atoms with Crippen LogP contribution in [0.4, 0.5) is 0 Å². The van der Waals surface area contributed by atoms with E-state index in [1.54, 1.807) is 6.20 Å². The standard InChI is InChI=1S/C9H13N3O/c1-8-3-2-4-9(7-11-13)12(8)6-5-10/h2-6,8H,7,10H2,1H3/b6-5-. The van der Waals surface area contributed by atoms with Crippen LogP contribution in [-0.2, 0) is 0 Å². The molecule has 0 aromatic carbocycles. The third-order valence-electron chi connectivity index (χ3n) is 1.92. The molecule has 0 amide bonds. The first-order valence-corrected chi connectivity index (χ1v) is 4.13. The van der Waals surface area contributed by atoms with Crippen LogP contribution in [0.15, 0.2) is 41.5 Å². The molecule has 0 fully saturated rings. The Kier molecular flexibility index (Phi) is 3.25. The van der Waals surface area contributed by atoms with Gasteiger partial charge in [-0.05, 0) is 13.0 Å². The van der Waals surface area contributed by atoms with Gasteiger partial charge in [-0.25, -0.2) is 0 Å². The molecule has 1 aliphatic rings. The summed E-state index contributed by atoms with van der Waals surface area (Å²) in [6.07, 6.45) is 9.00. The lowest BCUT2D eigenvalue weighted by atomic mass is 10.1. The first kappa shape index (κ1) is 9.51. The maximum absolute atomic E-state index is 10.1. The highest BCUT2D eigenvalue weighted by atomic mass is 16.3. The van der Waals surface area contributed by atoms with Gasteiger partial charge in [0.25, 0.3) is 0 Å². The van der Waals surface area contributed by atoms with Crippen LogP contribution >= 0.6 is 0 Å². The largest absolute Gasteiger partial charge is 0.403 e. The van der Waals surface area contributed by atoms with E-state index in [9.17, 15) is 4.91 Å². The van der Waals surface area contributed by atoms with Crippen molar-refractivity contribution in [2.45, 2.75) is 13.0 Å². The molecule has 1 heterocycles. The molecule has 1 unspecified atom stereocenters. The van der Waals surface area contributed by atoms with E-state index in [2.05, 4.69) is 5.18 Å². The quantitative estimate of drug-likeness (QED) is 0.665. The minimum atomic E-state index is 0.180. The van der Waals surface area contributed by atoms with Crippen LogP contribution in [0.25, 0.3) is 0 Å². The number of nitroso groups, excluding NO2 is 1. The van der Waals surface area contributed by atoms with Crippen LogP contribution < -0.4 is 5.73 Å². The topological polar surface area (TPSA) is 58.7 Å². The zero-order valence-electron chi connectivity index (χ0n) is 7.55. The zero-order valence-corrected chi connectivity index (χ0v) is 7.55. The van der Waals surface area contributed by atoms with Crippen molar-refractivity contribution in [3.8, 4) is 0 Å². The number of nitrogens with two attached hydrogens (primary N) is 1. The zero-order chi connectivity index (χ0) is 9.68. The fraction of sp³-hybridized carbons (Fsp3) is 0.333. The molecule has 4 nitrogen and oxygen atoms in total. The predicted octanol–water partition coefficient (Wildman–Crippen LogP) is 1.33. The molecule has 4 heteroatoms. The molecule has 2 N–H and O–H groups in total. The Balaban J connectivity index is 2.81. The van der Waals surface area contributed by atoms with Crippen LogP contribution in [0.3, 0.4) is 0 Å². The average Bonchev–Trinajstić information content (AvgIpc) is 2.11. The monoisotopic (exact) mass is 179 g/mol. The van der Waals surface area contributed by atoms with Crippen molar-refractivity contribution in [1.29, 1.82) is 0 Å². The van der Waals surface area contributed by atoms with E-state index < -0.39 is 0 Å². The van der Waals surface area contributed by atoms with Crippen LogP contribution in [-0.4, -0.2) is 17.5 Å². The molecule has 13 heavy (non-hydrogen) atoms.